The normalized spacial score (nSPS) is 11.9. The summed E-state index contributed by atoms with van der Waals surface area (Å²) in [7, 11) is 3.10. The maximum Gasteiger partial charge on any atom is 0.205 e. The Morgan fingerprint density at radius 1 is 1.15 bits per heavy atom. The van der Waals surface area contributed by atoms with Crippen molar-refractivity contribution in [1.29, 1.82) is 0 Å². The summed E-state index contributed by atoms with van der Waals surface area (Å²) in [4.78, 5) is 7.64. The van der Waals surface area contributed by atoms with Crippen molar-refractivity contribution in [3.63, 3.8) is 0 Å². The second kappa shape index (κ2) is 6.34. The van der Waals surface area contributed by atoms with Gasteiger partial charge in [-0.3, -0.25) is 0 Å². The van der Waals surface area contributed by atoms with Crippen molar-refractivity contribution in [3.8, 4) is 40.3 Å². The van der Waals surface area contributed by atoms with E-state index in [1.807, 2.05) is 18.2 Å². The lowest BCUT2D eigenvalue weighted by atomic mass is 10.0. The summed E-state index contributed by atoms with van der Waals surface area (Å²) in [6, 6.07) is 10.8. The average molecular weight is 368 g/mol. The van der Waals surface area contributed by atoms with E-state index in [4.69, 9.17) is 26.4 Å². The standard InChI is InChI=1S/C19H16N2O4S/c1-23-14-7-6-11(9-13(14)22)17-20-18-12(19(26)21-17)8-10-4-3-5-15(24-2)16(10)25-18/h3-7,9,22H,8H2,1-2H3,(H,20,21,26). The maximum atomic E-state index is 10.0. The Morgan fingerprint density at radius 3 is 2.69 bits per heavy atom. The van der Waals surface area contributed by atoms with Gasteiger partial charge in [0.2, 0.25) is 5.88 Å². The van der Waals surface area contributed by atoms with Crippen molar-refractivity contribution in [2.45, 2.75) is 6.42 Å². The molecule has 0 radical (unpaired) electrons. The molecule has 0 saturated carbocycles. The molecular weight excluding hydrogens is 352 g/mol. The van der Waals surface area contributed by atoms with Gasteiger partial charge in [-0.2, -0.15) is 0 Å². The molecule has 2 N–H and O–H groups in total. The highest BCUT2D eigenvalue weighted by Crippen LogP contribution is 2.42. The Hall–Kier alpha value is -3.06. The minimum Gasteiger partial charge on any atom is -0.504 e. The summed E-state index contributed by atoms with van der Waals surface area (Å²) >= 11 is 5.47. The molecule has 6 nitrogen and oxygen atoms in total. The fourth-order valence-corrected chi connectivity index (χ4v) is 3.22. The van der Waals surface area contributed by atoms with E-state index in [1.54, 1.807) is 25.3 Å². The second-order valence-corrected chi connectivity index (χ2v) is 6.20. The fourth-order valence-electron chi connectivity index (χ4n) is 2.96. The Kier molecular flexibility index (Phi) is 4.00. The van der Waals surface area contributed by atoms with Gasteiger partial charge in [-0.15, -0.1) is 0 Å². The van der Waals surface area contributed by atoms with Crippen LogP contribution in [0.1, 0.15) is 11.1 Å². The van der Waals surface area contributed by atoms with Gasteiger partial charge in [0.25, 0.3) is 0 Å². The van der Waals surface area contributed by atoms with Crippen LogP contribution in [-0.4, -0.2) is 29.3 Å². The third-order valence-electron chi connectivity index (χ3n) is 4.28. The minimum atomic E-state index is 0.0248. The first-order chi connectivity index (χ1) is 12.6. The van der Waals surface area contributed by atoms with Gasteiger partial charge in [-0.25, -0.2) is 4.98 Å². The first kappa shape index (κ1) is 16.4. The number of phenols is 1. The van der Waals surface area contributed by atoms with Crippen LogP contribution in [0.3, 0.4) is 0 Å². The predicted octanol–water partition coefficient (Wildman–Crippen LogP) is 4.23. The van der Waals surface area contributed by atoms with E-state index in [0.717, 1.165) is 11.1 Å². The number of fused-ring (bicyclic) bond motifs is 2. The van der Waals surface area contributed by atoms with Crippen LogP contribution in [0.4, 0.5) is 0 Å². The van der Waals surface area contributed by atoms with Crippen LogP contribution < -0.4 is 14.2 Å². The molecule has 3 aromatic rings. The predicted molar refractivity (Wildman–Crippen MR) is 98.9 cm³/mol. The number of aromatic amines is 1. The maximum absolute atomic E-state index is 10.0. The van der Waals surface area contributed by atoms with Gasteiger partial charge >= 0.3 is 0 Å². The molecule has 0 unspecified atom stereocenters. The Labute approximate surface area is 155 Å². The molecule has 0 bridgehead atoms. The van der Waals surface area contributed by atoms with Crippen LogP contribution in [-0.2, 0) is 6.42 Å². The van der Waals surface area contributed by atoms with E-state index in [1.165, 1.54) is 7.11 Å². The van der Waals surface area contributed by atoms with E-state index in [9.17, 15) is 5.11 Å². The number of hydrogen-bond donors (Lipinski definition) is 2. The third kappa shape index (κ3) is 2.66. The number of para-hydroxylation sites is 1. The number of rotatable bonds is 3. The van der Waals surface area contributed by atoms with Crippen molar-refractivity contribution in [2.24, 2.45) is 0 Å². The Bertz CT molecular complexity index is 1060. The number of hydrogen-bond acceptors (Lipinski definition) is 6. The van der Waals surface area contributed by atoms with Crippen molar-refractivity contribution < 1.29 is 19.3 Å². The Balaban J connectivity index is 1.80. The first-order valence-electron chi connectivity index (χ1n) is 7.95. The van der Waals surface area contributed by atoms with Crippen LogP contribution in [0.25, 0.3) is 11.4 Å². The molecule has 26 heavy (non-hydrogen) atoms. The van der Waals surface area contributed by atoms with Crippen LogP contribution in [0, 0.1) is 4.64 Å². The van der Waals surface area contributed by atoms with Gasteiger partial charge in [0, 0.05) is 17.5 Å². The summed E-state index contributed by atoms with van der Waals surface area (Å²) in [5, 5.41) is 10.0. The van der Waals surface area contributed by atoms with Crippen LogP contribution in [0.5, 0.6) is 28.9 Å². The molecule has 4 rings (SSSR count). The quantitative estimate of drug-likeness (QED) is 0.527. The summed E-state index contributed by atoms with van der Waals surface area (Å²) < 4.78 is 17.0. The molecule has 1 aliphatic rings. The minimum absolute atomic E-state index is 0.0248. The lowest BCUT2D eigenvalue weighted by Gasteiger charge is -2.22. The van der Waals surface area contributed by atoms with Crippen LogP contribution in [0.2, 0.25) is 0 Å². The smallest absolute Gasteiger partial charge is 0.205 e. The van der Waals surface area contributed by atoms with E-state index >= 15 is 0 Å². The topological polar surface area (TPSA) is 76.6 Å². The van der Waals surface area contributed by atoms with Gasteiger partial charge in [0.05, 0.1) is 19.8 Å². The van der Waals surface area contributed by atoms with E-state index in [2.05, 4.69) is 9.97 Å². The molecule has 0 aliphatic carbocycles. The average Bonchev–Trinajstić information content (AvgIpc) is 2.66. The van der Waals surface area contributed by atoms with Crippen molar-refractivity contribution in [1.82, 2.24) is 9.97 Å². The molecule has 1 aliphatic heterocycles. The van der Waals surface area contributed by atoms with Crippen LogP contribution in [0.15, 0.2) is 36.4 Å². The zero-order chi connectivity index (χ0) is 18.3. The molecule has 2 aromatic carbocycles. The number of aromatic nitrogens is 2. The molecule has 0 fully saturated rings. The summed E-state index contributed by atoms with van der Waals surface area (Å²) in [6.07, 6.45) is 0.609. The molecule has 2 heterocycles. The highest BCUT2D eigenvalue weighted by atomic mass is 32.1. The van der Waals surface area contributed by atoms with Crippen molar-refractivity contribution in [3.05, 3.63) is 52.2 Å². The fraction of sp³-hybridized carbons (Fsp3) is 0.158. The van der Waals surface area contributed by atoms with Gasteiger partial charge in [-0.05, 0) is 24.3 Å². The molecule has 7 heteroatoms. The van der Waals surface area contributed by atoms with Crippen molar-refractivity contribution in [2.75, 3.05) is 14.2 Å². The number of aromatic hydroxyl groups is 1. The number of phenolic OH excluding ortho intramolecular Hbond substituents is 1. The number of benzene rings is 2. The Morgan fingerprint density at radius 2 is 1.96 bits per heavy atom. The molecular formula is C19H16N2O4S. The first-order valence-corrected chi connectivity index (χ1v) is 8.36. The second-order valence-electron chi connectivity index (χ2n) is 5.81. The number of H-pyrrole nitrogens is 1. The van der Waals surface area contributed by atoms with Gasteiger partial charge < -0.3 is 24.3 Å². The largest absolute Gasteiger partial charge is 0.504 e. The number of methoxy groups -OCH3 is 2. The van der Waals surface area contributed by atoms with Crippen LogP contribution >= 0.6 is 12.2 Å². The molecule has 0 amide bonds. The van der Waals surface area contributed by atoms with Crippen molar-refractivity contribution >= 4 is 12.2 Å². The number of nitrogens with zero attached hydrogens (tertiary/aromatic N) is 1. The number of nitrogens with one attached hydrogen (secondary N) is 1. The van der Waals surface area contributed by atoms with E-state index < -0.39 is 0 Å². The lowest BCUT2D eigenvalue weighted by molar-refractivity contribution is 0.365. The molecule has 0 atom stereocenters. The van der Waals surface area contributed by atoms with Gasteiger partial charge in [-0.1, -0.05) is 24.4 Å². The SMILES string of the molecule is COc1ccc(-c2nc(=S)c3c([nH]2)Oc2c(cccc2OC)C3)cc1O. The van der Waals surface area contributed by atoms with E-state index in [-0.39, 0.29) is 5.75 Å². The lowest BCUT2D eigenvalue weighted by Crippen LogP contribution is -2.08. The highest BCUT2D eigenvalue weighted by molar-refractivity contribution is 7.71. The molecule has 0 saturated heterocycles. The number of ether oxygens (including phenoxy) is 3. The summed E-state index contributed by atoms with van der Waals surface area (Å²) in [5.41, 5.74) is 2.49. The van der Waals surface area contributed by atoms with Gasteiger partial charge in [0.1, 0.15) is 10.5 Å². The third-order valence-corrected chi connectivity index (χ3v) is 4.62. The van der Waals surface area contributed by atoms with Gasteiger partial charge in [0.15, 0.2) is 23.0 Å². The summed E-state index contributed by atoms with van der Waals surface area (Å²) in [5.74, 6) is 2.78. The molecule has 0 spiro atoms. The molecule has 132 valence electrons. The van der Waals surface area contributed by atoms with E-state index in [0.29, 0.717) is 45.6 Å². The molecule has 1 aromatic heterocycles. The summed E-state index contributed by atoms with van der Waals surface area (Å²) in [6.45, 7) is 0. The monoisotopic (exact) mass is 368 g/mol. The zero-order valence-electron chi connectivity index (χ0n) is 14.2. The highest BCUT2D eigenvalue weighted by Gasteiger charge is 2.23. The zero-order valence-corrected chi connectivity index (χ0v) is 15.0.